The van der Waals surface area contributed by atoms with E-state index in [4.69, 9.17) is 0 Å². The summed E-state index contributed by atoms with van der Waals surface area (Å²) in [5.41, 5.74) is 0.864. The number of rotatable bonds is 4. The van der Waals surface area contributed by atoms with Crippen molar-refractivity contribution in [1.29, 1.82) is 0 Å². The van der Waals surface area contributed by atoms with Crippen molar-refractivity contribution in [3.8, 4) is 0 Å². The van der Waals surface area contributed by atoms with Crippen LogP contribution >= 0.6 is 22.6 Å². The Morgan fingerprint density at radius 1 is 1.37 bits per heavy atom. The lowest BCUT2D eigenvalue weighted by Gasteiger charge is -2.38. The monoisotopic (exact) mass is 376 g/mol. The summed E-state index contributed by atoms with van der Waals surface area (Å²) in [5.74, 6) is 0.398. The molecule has 1 saturated heterocycles. The summed E-state index contributed by atoms with van der Waals surface area (Å²) in [7, 11) is 0. The maximum Gasteiger partial charge on any atom is 0.128 e. The summed E-state index contributed by atoms with van der Waals surface area (Å²) >= 11 is 2.26. The zero-order valence-electron chi connectivity index (χ0n) is 11.6. The third kappa shape index (κ3) is 3.67. The summed E-state index contributed by atoms with van der Waals surface area (Å²) in [6.45, 7) is 8.41. The van der Waals surface area contributed by atoms with Gasteiger partial charge < -0.3 is 5.32 Å². The molecule has 1 aromatic carbocycles. The molecule has 0 amide bonds. The van der Waals surface area contributed by atoms with Crippen LogP contribution in [0.25, 0.3) is 0 Å². The van der Waals surface area contributed by atoms with E-state index in [1.54, 1.807) is 6.07 Å². The van der Waals surface area contributed by atoms with Crippen molar-refractivity contribution in [1.82, 2.24) is 10.2 Å². The molecule has 1 aliphatic rings. The Balaban J connectivity index is 2.33. The Kier molecular flexibility index (Phi) is 5.59. The highest BCUT2D eigenvalue weighted by Gasteiger charge is 2.28. The predicted molar refractivity (Wildman–Crippen MR) is 85.8 cm³/mol. The molecule has 1 unspecified atom stereocenters. The van der Waals surface area contributed by atoms with E-state index in [0.717, 1.165) is 41.7 Å². The Bertz CT molecular complexity index is 419. The van der Waals surface area contributed by atoms with Gasteiger partial charge >= 0.3 is 0 Å². The molecule has 2 rings (SSSR count). The first-order chi connectivity index (χ1) is 9.13. The molecule has 1 heterocycles. The lowest BCUT2D eigenvalue weighted by molar-refractivity contribution is 0.125. The first-order valence-corrected chi connectivity index (χ1v) is 8.11. The van der Waals surface area contributed by atoms with Crippen molar-refractivity contribution < 1.29 is 4.39 Å². The van der Waals surface area contributed by atoms with Crippen LogP contribution in [0.2, 0.25) is 0 Å². The lowest BCUT2D eigenvalue weighted by Crippen LogP contribution is -2.46. The van der Waals surface area contributed by atoms with E-state index < -0.39 is 0 Å². The molecule has 0 aliphatic carbocycles. The van der Waals surface area contributed by atoms with Crippen molar-refractivity contribution in [2.75, 3.05) is 26.2 Å². The van der Waals surface area contributed by atoms with E-state index in [1.165, 1.54) is 0 Å². The molecule has 1 aliphatic heterocycles. The van der Waals surface area contributed by atoms with Crippen LogP contribution < -0.4 is 5.32 Å². The van der Waals surface area contributed by atoms with Gasteiger partial charge in [-0.2, -0.15) is 0 Å². The summed E-state index contributed by atoms with van der Waals surface area (Å²) in [6, 6.07) is 5.65. The first-order valence-electron chi connectivity index (χ1n) is 7.03. The highest BCUT2D eigenvalue weighted by Crippen LogP contribution is 2.33. The molecule has 1 aromatic rings. The minimum atomic E-state index is -0.0655. The van der Waals surface area contributed by atoms with E-state index in [2.05, 4.69) is 46.7 Å². The van der Waals surface area contributed by atoms with Crippen LogP contribution in [0.15, 0.2) is 18.2 Å². The molecule has 1 N–H and O–H groups in total. The zero-order chi connectivity index (χ0) is 13.8. The second kappa shape index (κ2) is 6.99. The van der Waals surface area contributed by atoms with Gasteiger partial charge in [-0.15, -0.1) is 0 Å². The molecule has 106 valence electrons. The van der Waals surface area contributed by atoms with Gasteiger partial charge in [0, 0.05) is 41.4 Å². The third-order valence-corrected chi connectivity index (χ3v) is 4.68. The molecular weight excluding hydrogens is 354 g/mol. The molecule has 0 spiro atoms. The van der Waals surface area contributed by atoms with E-state index in [9.17, 15) is 4.39 Å². The molecule has 0 bridgehead atoms. The Morgan fingerprint density at radius 3 is 2.68 bits per heavy atom. The lowest BCUT2D eigenvalue weighted by atomic mass is 9.90. The highest BCUT2D eigenvalue weighted by molar-refractivity contribution is 14.1. The molecule has 1 fully saturated rings. The summed E-state index contributed by atoms with van der Waals surface area (Å²) in [4.78, 5) is 2.43. The average molecular weight is 376 g/mol. The van der Waals surface area contributed by atoms with Gasteiger partial charge in [0.05, 0.1) is 0 Å². The van der Waals surface area contributed by atoms with Crippen molar-refractivity contribution in [2.24, 2.45) is 5.92 Å². The van der Waals surface area contributed by atoms with Crippen molar-refractivity contribution >= 4 is 22.6 Å². The second-order valence-corrected chi connectivity index (χ2v) is 6.53. The smallest absolute Gasteiger partial charge is 0.128 e. The van der Waals surface area contributed by atoms with Gasteiger partial charge in [-0.05, 0) is 46.7 Å². The molecule has 0 radical (unpaired) electrons. The fourth-order valence-corrected chi connectivity index (χ4v) is 3.30. The molecule has 0 saturated carbocycles. The number of benzene rings is 1. The fraction of sp³-hybridized carbons (Fsp3) is 0.600. The number of hydrogen-bond donors (Lipinski definition) is 1. The van der Waals surface area contributed by atoms with Crippen LogP contribution in [0.3, 0.4) is 0 Å². The summed E-state index contributed by atoms with van der Waals surface area (Å²) in [5, 5.41) is 3.37. The van der Waals surface area contributed by atoms with Crippen LogP contribution in [0.5, 0.6) is 0 Å². The number of nitrogens with zero attached hydrogens (tertiary/aromatic N) is 1. The minimum Gasteiger partial charge on any atom is -0.314 e. The van der Waals surface area contributed by atoms with Crippen LogP contribution in [-0.4, -0.2) is 31.1 Å². The SMILES string of the molecule is CCC(C)[C@H](c1cc(I)ccc1F)N1CCNCC1. The van der Waals surface area contributed by atoms with Crippen LogP contribution in [-0.2, 0) is 0 Å². The van der Waals surface area contributed by atoms with Crippen LogP contribution in [0, 0.1) is 15.3 Å². The maximum atomic E-state index is 14.2. The number of halogens is 2. The molecule has 2 nitrogen and oxygen atoms in total. The normalized spacial score (nSPS) is 20.2. The van der Waals surface area contributed by atoms with Gasteiger partial charge in [0.1, 0.15) is 5.82 Å². The average Bonchev–Trinajstić information content (AvgIpc) is 2.44. The van der Waals surface area contributed by atoms with Crippen molar-refractivity contribution in [3.05, 3.63) is 33.1 Å². The van der Waals surface area contributed by atoms with Crippen molar-refractivity contribution in [3.63, 3.8) is 0 Å². The van der Waals surface area contributed by atoms with Gasteiger partial charge in [-0.25, -0.2) is 4.39 Å². The highest BCUT2D eigenvalue weighted by atomic mass is 127. The number of hydrogen-bond acceptors (Lipinski definition) is 2. The van der Waals surface area contributed by atoms with Gasteiger partial charge in [0.2, 0.25) is 0 Å². The van der Waals surface area contributed by atoms with Crippen LogP contribution in [0.4, 0.5) is 4.39 Å². The maximum absolute atomic E-state index is 14.2. The second-order valence-electron chi connectivity index (χ2n) is 5.28. The van der Waals surface area contributed by atoms with E-state index in [1.807, 2.05) is 12.1 Å². The first kappa shape index (κ1) is 15.2. The molecule has 0 aromatic heterocycles. The van der Waals surface area contributed by atoms with E-state index in [0.29, 0.717) is 5.92 Å². The Hall–Kier alpha value is -0.200. The molecule has 4 heteroatoms. The third-order valence-electron chi connectivity index (χ3n) is 4.00. The molecule has 19 heavy (non-hydrogen) atoms. The van der Waals surface area contributed by atoms with Gasteiger partial charge in [-0.1, -0.05) is 20.3 Å². The van der Waals surface area contributed by atoms with E-state index >= 15 is 0 Å². The largest absolute Gasteiger partial charge is 0.314 e. The van der Waals surface area contributed by atoms with Gasteiger partial charge in [-0.3, -0.25) is 4.90 Å². The quantitative estimate of drug-likeness (QED) is 0.811. The predicted octanol–water partition coefficient (Wildman–Crippen LogP) is 3.42. The summed E-state index contributed by atoms with van der Waals surface area (Å²) in [6.07, 6.45) is 1.07. The Labute approximate surface area is 128 Å². The minimum absolute atomic E-state index is 0.0655. The molecule has 2 atom stereocenters. The molecular formula is C15H22FIN2. The Morgan fingerprint density at radius 2 is 2.05 bits per heavy atom. The van der Waals surface area contributed by atoms with Gasteiger partial charge in [0.15, 0.2) is 0 Å². The van der Waals surface area contributed by atoms with Crippen molar-refractivity contribution in [2.45, 2.75) is 26.3 Å². The fourth-order valence-electron chi connectivity index (χ4n) is 2.79. The number of piperazine rings is 1. The van der Waals surface area contributed by atoms with Gasteiger partial charge in [0.25, 0.3) is 0 Å². The van der Waals surface area contributed by atoms with E-state index in [-0.39, 0.29) is 11.9 Å². The zero-order valence-corrected chi connectivity index (χ0v) is 13.8. The number of nitrogens with one attached hydrogen (secondary N) is 1. The summed E-state index contributed by atoms with van der Waals surface area (Å²) < 4.78 is 15.3. The topological polar surface area (TPSA) is 15.3 Å². The van der Waals surface area contributed by atoms with Crippen LogP contribution in [0.1, 0.15) is 31.9 Å². The standard InChI is InChI=1S/C15H22FIN2/c1-3-11(2)15(19-8-6-18-7-9-19)13-10-12(17)4-5-14(13)16/h4-5,10-11,15,18H,3,6-9H2,1-2H3/t11?,15-/m1/s1.